The van der Waals surface area contributed by atoms with Crippen LogP contribution < -0.4 is 5.73 Å². The van der Waals surface area contributed by atoms with Gasteiger partial charge >= 0.3 is 5.97 Å². The van der Waals surface area contributed by atoms with Crippen LogP contribution in [0.3, 0.4) is 0 Å². The number of nitrogen functional groups attached to an aromatic ring is 1. The summed E-state index contributed by atoms with van der Waals surface area (Å²) in [6.07, 6.45) is 0. The molecule has 0 bridgehead atoms. The van der Waals surface area contributed by atoms with Crippen LogP contribution in [0.1, 0.15) is 10.4 Å². The van der Waals surface area contributed by atoms with Crippen molar-refractivity contribution in [3.63, 3.8) is 0 Å². The third-order valence-corrected chi connectivity index (χ3v) is 2.05. The van der Waals surface area contributed by atoms with Gasteiger partial charge in [0, 0.05) is 12.8 Å². The lowest BCUT2D eigenvalue weighted by Gasteiger charge is -2.06. The minimum absolute atomic E-state index is 0.0874. The highest BCUT2D eigenvalue weighted by atomic mass is 19.1. The first-order valence-electron chi connectivity index (χ1n) is 5.43. The van der Waals surface area contributed by atoms with Gasteiger partial charge in [0.05, 0.1) is 25.4 Å². The standard InChI is InChI=1S/C12H16FNO4/c1-16-2-3-17-4-5-18-12(15)9-6-10(13)8-11(14)7-9/h6-8H,2-5,14H2,1H3. The highest BCUT2D eigenvalue weighted by Gasteiger charge is 2.09. The fraction of sp³-hybridized carbons (Fsp3) is 0.417. The minimum atomic E-state index is -0.628. The third kappa shape index (κ3) is 5.11. The van der Waals surface area contributed by atoms with E-state index < -0.39 is 11.8 Å². The van der Waals surface area contributed by atoms with Gasteiger partial charge in [-0.15, -0.1) is 0 Å². The quantitative estimate of drug-likeness (QED) is 0.452. The number of esters is 1. The molecule has 18 heavy (non-hydrogen) atoms. The zero-order valence-corrected chi connectivity index (χ0v) is 10.1. The maximum atomic E-state index is 13.0. The Kier molecular flexibility index (Phi) is 6.10. The number of carbonyl (C=O) groups is 1. The van der Waals surface area contributed by atoms with Crippen LogP contribution in [0.2, 0.25) is 0 Å². The normalized spacial score (nSPS) is 10.3. The van der Waals surface area contributed by atoms with E-state index in [0.29, 0.717) is 13.2 Å². The van der Waals surface area contributed by atoms with E-state index in [9.17, 15) is 9.18 Å². The summed E-state index contributed by atoms with van der Waals surface area (Å²) in [4.78, 5) is 11.5. The number of halogens is 1. The Labute approximate surface area is 105 Å². The van der Waals surface area contributed by atoms with E-state index in [0.717, 1.165) is 12.1 Å². The Bertz CT molecular complexity index is 377. The van der Waals surface area contributed by atoms with Crippen molar-refractivity contribution in [1.82, 2.24) is 0 Å². The molecule has 0 aromatic heterocycles. The van der Waals surface area contributed by atoms with Gasteiger partial charge in [-0.25, -0.2) is 9.18 Å². The van der Waals surface area contributed by atoms with Gasteiger partial charge in [0.15, 0.2) is 0 Å². The smallest absolute Gasteiger partial charge is 0.338 e. The lowest BCUT2D eigenvalue weighted by Crippen LogP contribution is -2.13. The van der Waals surface area contributed by atoms with E-state index in [4.69, 9.17) is 19.9 Å². The lowest BCUT2D eigenvalue weighted by molar-refractivity contribution is 0.0213. The molecule has 0 aliphatic heterocycles. The maximum absolute atomic E-state index is 13.0. The highest BCUT2D eigenvalue weighted by Crippen LogP contribution is 2.11. The predicted molar refractivity (Wildman–Crippen MR) is 63.8 cm³/mol. The number of nitrogens with two attached hydrogens (primary N) is 1. The van der Waals surface area contributed by atoms with Gasteiger partial charge < -0.3 is 19.9 Å². The summed E-state index contributed by atoms with van der Waals surface area (Å²) in [6, 6.07) is 3.56. The summed E-state index contributed by atoms with van der Waals surface area (Å²) in [5.74, 6) is -1.20. The molecule has 0 amide bonds. The number of ether oxygens (including phenoxy) is 3. The first-order chi connectivity index (χ1) is 8.63. The van der Waals surface area contributed by atoms with Crippen LogP contribution in [0, 0.1) is 5.82 Å². The molecule has 1 aromatic rings. The summed E-state index contributed by atoms with van der Waals surface area (Å²) in [6.45, 7) is 1.27. The van der Waals surface area contributed by atoms with Gasteiger partial charge in [-0.2, -0.15) is 0 Å². The number of benzene rings is 1. The zero-order chi connectivity index (χ0) is 13.4. The first-order valence-corrected chi connectivity index (χ1v) is 5.43. The fourth-order valence-corrected chi connectivity index (χ4v) is 1.25. The molecule has 2 N–H and O–H groups in total. The van der Waals surface area contributed by atoms with Crippen LogP contribution in [0.5, 0.6) is 0 Å². The zero-order valence-electron chi connectivity index (χ0n) is 10.1. The molecular weight excluding hydrogens is 241 g/mol. The number of methoxy groups -OCH3 is 1. The molecule has 5 nitrogen and oxygen atoms in total. The Hall–Kier alpha value is -1.66. The van der Waals surface area contributed by atoms with Crippen LogP contribution in [-0.4, -0.2) is 39.5 Å². The van der Waals surface area contributed by atoms with Gasteiger partial charge in [0.1, 0.15) is 12.4 Å². The van der Waals surface area contributed by atoms with Gasteiger partial charge in [-0.1, -0.05) is 0 Å². The molecular formula is C12H16FNO4. The lowest BCUT2D eigenvalue weighted by atomic mass is 10.2. The second-order valence-corrected chi connectivity index (χ2v) is 3.51. The van der Waals surface area contributed by atoms with E-state index in [2.05, 4.69) is 0 Å². The molecule has 0 heterocycles. The number of anilines is 1. The highest BCUT2D eigenvalue weighted by molar-refractivity contribution is 5.90. The van der Waals surface area contributed by atoms with E-state index in [1.165, 1.54) is 6.07 Å². The molecule has 0 aliphatic carbocycles. The van der Waals surface area contributed by atoms with Crippen molar-refractivity contribution in [3.05, 3.63) is 29.6 Å². The van der Waals surface area contributed by atoms with Gasteiger partial charge in [0.25, 0.3) is 0 Å². The largest absolute Gasteiger partial charge is 0.460 e. The summed E-state index contributed by atoms with van der Waals surface area (Å²) >= 11 is 0. The third-order valence-electron chi connectivity index (χ3n) is 2.05. The SMILES string of the molecule is COCCOCCOC(=O)c1cc(N)cc(F)c1. The number of carbonyl (C=O) groups excluding carboxylic acids is 1. The Balaban J connectivity index is 2.32. The minimum Gasteiger partial charge on any atom is -0.460 e. The average Bonchev–Trinajstić information content (AvgIpc) is 2.32. The van der Waals surface area contributed by atoms with E-state index in [1.807, 2.05) is 0 Å². The molecule has 0 radical (unpaired) electrons. The molecule has 1 aromatic carbocycles. The Morgan fingerprint density at radius 2 is 1.94 bits per heavy atom. The Morgan fingerprint density at radius 1 is 1.22 bits per heavy atom. The summed E-state index contributed by atoms with van der Waals surface area (Å²) in [5, 5.41) is 0. The van der Waals surface area contributed by atoms with Crippen LogP contribution in [-0.2, 0) is 14.2 Å². The van der Waals surface area contributed by atoms with Crippen molar-refractivity contribution in [2.24, 2.45) is 0 Å². The van der Waals surface area contributed by atoms with Gasteiger partial charge in [-0.3, -0.25) is 0 Å². The van der Waals surface area contributed by atoms with Crippen molar-refractivity contribution in [2.45, 2.75) is 0 Å². The molecule has 0 spiro atoms. The van der Waals surface area contributed by atoms with Gasteiger partial charge in [-0.05, 0) is 18.2 Å². The summed E-state index contributed by atoms with van der Waals surface area (Å²) in [7, 11) is 1.57. The monoisotopic (exact) mass is 257 g/mol. The molecule has 0 saturated carbocycles. The second-order valence-electron chi connectivity index (χ2n) is 3.51. The summed E-state index contributed by atoms with van der Waals surface area (Å²) < 4.78 is 27.8. The van der Waals surface area contributed by atoms with E-state index in [1.54, 1.807) is 7.11 Å². The fourth-order valence-electron chi connectivity index (χ4n) is 1.25. The number of hydrogen-bond acceptors (Lipinski definition) is 5. The average molecular weight is 257 g/mol. The molecule has 0 fully saturated rings. The molecule has 1 rings (SSSR count). The molecule has 0 saturated heterocycles. The topological polar surface area (TPSA) is 70.8 Å². The summed E-state index contributed by atoms with van der Waals surface area (Å²) in [5.41, 5.74) is 5.69. The predicted octanol–water partition coefficient (Wildman–Crippen LogP) is 1.23. The van der Waals surface area contributed by atoms with Crippen LogP contribution in [0.25, 0.3) is 0 Å². The van der Waals surface area contributed by atoms with Crippen LogP contribution in [0.15, 0.2) is 18.2 Å². The van der Waals surface area contributed by atoms with E-state index in [-0.39, 0.29) is 24.5 Å². The molecule has 6 heteroatoms. The molecule has 100 valence electrons. The van der Waals surface area contributed by atoms with Crippen molar-refractivity contribution in [1.29, 1.82) is 0 Å². The van der Waals surface area contributed by atoms with Gasteiger partial charge in [0.2, 0.25) is 0 Å². The Morgan fingerprint density at radius 3 is 2.61 bits per heavy atom. The number of rotatable bonds is 7. The van der Waals surface area contributed by atoms with Crippen molar-refractivity contribution in [3.8, 4) is 0 Å². The van der Waals surface area contributed by atoms with E-state index >= 15 is 0 Å². The number of hydrogen-bond donors (Lipinski definition) is 1. The molecule has 0 atom stereocenters. The van der Waals surface area contributed by atoms with Crippen LogP contribution in [0.4, 0.5) is 10.1 Å². The van der Waals surface area contributed by atoms with Crippen molar-refractivity contribution in [2.75, 3.05) is 39.3 Å². The van der Waals surface area contributed by atoms with Crippen molar-refractivity contribution < 1.29 is 23.4 Å². The molecule has 0 aliphatic rings. The first kappa shape index (κ1) is 14.4. The van der Waals surface area contributed by atoms with Crippen molar-refractivity contribution >= 4 is 11.7 Å². The van der Waals surface area contributed by atoms with Crippen LogP contribution >= 0.6 is 0 Å². The maximum Gasteiger partial charge on any atom is 0.338 e. The second kappa shape index (κ2) is 7.62. The molecule has 0 unspecified atom stereocenters.